The second-order valence-electron chi connectivity index (χ2n) is 3.98. The summed E-state index contributed by atoms with van der Waals surface area (Å²) in [4.78, 5) is 23.3. The van der Waals surface area contributed by atoms with Gasteiger partial charge in [0.05, 0.1) is 0 Å². The maximum absolute atomic E-state index is 11.9. The predicted octanol–water partition coefficient (Wildman–Crippen LogP) is 0.700. The molecule has 0 aliphatic carbocycles. The zero-order chi connectivity index (χ0) is 13.8. The molecule has 0 aliphatic rings. The molecule has 0 fully saturated rings. The summed E-state index contributed by atoms with van der Waals surface area (Å²) in [5.74, 6) is -1.04. The van der Waals surface area contributed by atoms with Crippen LogP contribution in [-0.4, -0.2) is 42.6 Å². The van der Waals surface area contributed by atoms with Gasteiger partial charge in [-0.2, -0.15) is 13.2 Å². The Morgan fingerprint density at radius 3 is 2.12 bits per heavy atom. The number of urea groups is 1. The molecule has 0 rings (SSSR count). The maximum Gasteiger partial charge on any atom is 0.405 e. The summed E-state index contributed by atoms with van der Waals surface area (Å²) in [5.41, 5.74) is 5.08. The van der Waals surface area contributed by atoms with Crippen LogP contribution in [0.3, 0.4) is 0 Å². The highest BCUT2D eigenvalue weighted by atomic mass is 19.4. The molecular formula is C9H16F3N3O2. The number of primary amides is 1. The number of hydrogen-bond donors (Lipinski definition) is 2. The molecule has 3 amide bonds. The molecule has 0 aromatic rings. The number of nitrogens with one attached hydrogen (secondary N) is 1. The molecule has 0 aromatic heterocycles. The van der Waals surface area contributed by atoms with Gasteiger partial charge in [-0.15, -0.1) is 0 Å². The van der Waals surface area contributed by atoms with E-state index in [4.69, 9.17) is 5.73 Å². The van der Waals surface area contributed by atoms with Gasteiger partial charge in [0.1, 0.15) is 12.6 Å². The zero-order valence-corrected chi connectivity index (χ0v) is 9.84. The maximum atomic E-state index is 11.9. The van der Waals surface area contributed by atoms with Gasteiger partial charge in [-0.05, 0) is 5.92 Å². The van der Waals surface area contributed by atoms with E-state index in [1.165, 1.54) is 7.05 Å². The number of halogens is 3. The van der Waals surface area contributed by atoms with E-state index in [-0.39, 0.29) is 5.92 Å². The zero-order valence-electron chi connectivity index (χ0n) is 9.84. The Morgan fingerprint density at radius 2 is 1.82 bits per heavy atom. The third kappa shape index (κ3) is 5.41. The molecule has 3 N–H and O–H groups in total. The first-order chi connectivity index (χ1) is 7.56. The lowest BCUT2D eigenvalue weighted by Crippen LogP contribution is -2.53. The van der Waals surface area contributed by atoms with Crippen molar-refractivity contribution in [3.8, 4) is 0 Å². The van der Waals surface area contributed by atoms with E-state index in [0.29, 0.717) is 0 Å². The number of nitrogens with two attached hydrogens (primary N) is 1. The van der Waals surface area contributed by atoms with Gasteiger partial charge >= 0.3 is 12.2 Å². The molecule has 0 saturated carbocycles. The summed E-state index contributed by atoms with van der Waals surface area (Å²) in [5, 5.41) is 1.67. The van der Waals surface area contributed by atoms with Gasteiger partial charge in [0.2, 0.25) is 5.91 Å². The van der Waals surface area contributed by atoms with Gasteiger partial charge in [0.25, 0.3) is 0 Å². The van der Waals surface area contributed by atoms with E-state index in [2.05, 4.69) is 0 Å². The minimum Gasteiger partial charge on any atom is -0.368 e. The molecule has 1 unspecified atom stereocenters. The minimum atomic E-state index is -4.49. The number of carbonyl (C=O) groups excluding carboxylic acids is 2. The van der Waals surface area contributed by atoms with E-state index in [9.17, 15) is 22.8 Å². The Bertz CT molecular complexity index is 292. The highest BCUT2D eigenvalue weighted by molar-refractivity contribution is 5.86. The Labute approximate surface area is 97.1 Å². The van der Waals surface area contributed by atoms with Crippen LogP contribution in [0.25, 0.3) is 0 Å². The van der Waals surface area contributed by atoms with Crippen molar-refractivity contribution in [3.05, 3.63) is 0 Å². The number of carbonyl (C=O) groups is 2. The van der Waals surface area contributed by atoms with Gasteiger partial charge in [-0.25, -0.2) is 4.79 Å². The predicted molar refractivity (Wildman–Crippen MR) is 55.0 cm³/mol. The normalized spacial score (nSPS) is 13.4. The second-order valence-corrected chi connectivity index (χ2v) is 3.98. The Hall–Kier alpha value is -1.47. The number of hydrogen-bond acceptors (Lipinski definition) is 2. The van der Waals surface area contributed by atoms with Crippen LogP contribution in [0, 0.1) is 5.92 Å². The molecule has 0 aliphatic heterocycles. The van der Waals surface area contributed by atoms with Crippen molar-refractivity contribution in [3.63, 3.8) is 0 Å². The van der Waals surface area contributed by atoms with Crippen LogP contribution in [0.5, 0.6) is 0 Å². The van der Waals surface area contributed by atoms with Crippen molar-refractivity contribution >= 4 is 11.9 Å². The molecule has 100 valence electrons. The average Bonchev–Trinajstić information content (AvgIpc) is 2.11. The highest BCUT2D eigenvalue weighted by Crippen LogP contribution is 2.13. The van der Waals surface area contributed by atoms with E-state index in [0.717, 1.165) is 4.90 Å². The van der Waals surface area contributed by atoms with Crippen molar-refractivity contribution in [1.29, 1.82) is 0 Å². The Balaban J connectivity index is 4.52. The monoisotopic (exact) mass is 255 g/mol. The number of rotatable bonds is 4. The van der Waals surface area contributed by atoms with Gasteiger partial charge < -0.3 is 16.0 Å². The quantitative estimate of drug-likeness (QED) is 0.775. The second kappa shape index (κ2) is 5.74. The largest absolute Gasteiger partial charge is 0.405 e. The molecule has 0 spiro atoms. The molecule has 0 aromatic carbocycles. The van der Waals surface area contributed by atoms with Crippen molar-refractivity contribution in [2.24, 2.45) is 11.7 Å². The van der Waals surface area contributed by atoms with Gasteiger partial charge in [-0.1, -0.05) is 13.8 Å². The van der Waals surface area contributed by atoms with Crippen LogP contribution < -0.4 is 11.1 Å². The molecule has 1 atom stereocenters. The third-order valence-electron chi connectivity index (χ3n) is 2.10. The fourth-order valence-corrected chi connectivity index (χ4v) is 1.39. The van der Waals surface area contributed by atoms with E-state index < -0.39 is 30.7 Å². The molecule has 8 heteroatoms. The third-order valence-corrected chi connectivity index (χ3v) is 2.10. The lowest BCUT2D eigenvalue weighted by atomic mass is 10.0. The fourth-order valence-electron chi connectivity index (χ4n) is 1.39. The summed E-state index contributed by atoms with van der Waals surface area (Å²) in [6, 6.07) is -1.93. The Morgan fingerprint density at radius 1 is 1.35 bits per heavy atom. The van der Waals surface area contributed by atoms with Crippen LogP contribution in [0.4, 0.5) is 18.0 Å². The van der Waals surface area contributed by atoms with Crippen molar-refractivity contribution < 1.29 is 22.8 Å². The summed E-state index contributed by atoms with van der Waals surface area (Å²) in [7, 11) is 1.22. The SMILES string of the molecule is CC(C)C(C(N)=O)N(C)C(=O)NCC(F)(F)F. The van der Waals surface area contributed by atoms with Crippen LogP contribution in [-0.2, 0) is 4.79 Å². The standard InChI is InChI=1S/C9H16F3N3O2/c1-5(2)6(7(13)16)15(3)8(17)14-4-9(10,11)12/h5-6H,4H2,1-3H3,(H2,13,16)(H,14,17). The number of amides is 3. The van der Waals surface area contributed by atoms with Crippen LogP contribution in [0.2, 0.25) is 0 Å². The van der Waals surface area contributed by atoms with Crippen molar-refractivity contribution in [1.82, 2.24) is 10.2 Å². The first-order valence-corrected chi connectivity index (χ1v) is 4.93. The molecule has 0 radical (unpaired) electrons. The van der Waals surface area contributed by atoms with Crippen molar-refractivity contribution in [2.45, 2.75) is 26.1 Å². The fraction of sp³-hybridized carbons (Fsp3) is 0.778. The van der Waals surface area contributed by atoms with E-state index >= 15 is 0 Å². The first kappa shape index (κ1) is 15.5. The first-order valence-electron chi connectivity index (χ1n) is 4.93. The van der Waals surface area contributed by atoms with E-state index in [1.807, 2.05) is 0 Å². The molecule has 0 bridgehead atoms. The number of likely N-dealkylation sites (N-methyl/N-ethyl adjacent to an activating group) is 1. The summed E-state index contributed by atoms with van der Waals surface area (Å²) < 4.78 is 35.6. The lowest BCUT2D eigenvalue weighted by molar-refractivity contribution is -0.124. The summed E-state index contributed by atoms with van der Waals surface area (Å²) >= 11 is 0. The topological polar surface area (TPSA) is 75.4 Å². The summed E-state index contributed by atoms with van der Waals surface area (Å²) in [6.07, 6.45) is -4.49. The molecule has 17 heavy (non-hydrogen) atoms. The minimum absolute atomic E-state index is 0.283. The van der Waals surface area contributed by atoms with Gasteiger partial charge in [-0.3, -0.25) is 4.79 Å². The highest BCUT2D eigenvalue weighted by Gasteiger charge is 2.31. The molecule has 0 heterocycles. The molecular weight excluding hydrogens is 239 g/mol. The lowest BCUT2D eigenvalue weighted by Gasteiger charge is -2.28. The van der Waals surface area contributed by atoms with Crippen molar-refractivity contribution in [2.75, 3.05) is 13.6 Å². The van der Waals surface area contributed by atoms with Gasteiger partial charge in [0.15, 0.2) is 0 Å². The molecule has 5 nitrogen and oxygen atoms in total. The van der Waals surface area contributed by atoms with Crippen LogP contribution in [0.15, 0.2) is 0 Å². The van der Waals surface area contributed by atoms with Crippen LogP contribution >= 0.6 is 0 Å². The van der Waals surface area contributed by atoms with E-state index in [1.54, 1.807) is 19.2 Å². The summed E-state index contributed by atoms with van der Waals surface area (Å²) in [6.45, 7) is 1.84. The smallest absolute Gasteiger partial charge is 0.368 e. The number of nitrogens with zero attached hydrogens (tertiary/aromatic N) is 1. The Kier molecular flexibility index (Phi) is 5.24. The molecule has 0 saturated heterocycles. The average molecular weight is 255 g/mol. The van der Waals surface area contributed by atoms with Crippen LogP contribution in [0.1, 0.15) is 13.8 Å². The number of alkyl halides is 3. The van der Waals surface area contributed by atoms with Gasteiger partial charge in [0, 0.05) is 7.05 Å².